The monoisotopic (exact) mass is 218 g/mol. The molecule has 16 heavy (non-hydrogen) atoms. The van der Waals surface area contributed by atoms with Gasteiger partial charge in [-0.1, -0.05) is 32.9 Å². The van der Waals surface area contributed by atoms with E-state index in [0.29, 0.717) is 5.41 Å². The summed E-state index contributed by atoms with van der Waals surface area (Å²) in [4.78, 5) is 0. The Kier molecular flexibility index (Phi) is 4.41. The number of benzene rings is 1. The average Bonchev–Trinajstić information content (AvgIpc) is 2.19. The van der Waals surface area contributed by atoms with Gasteiger partial charge >= 0.3 is 0 Å². The van der Waals surface area contributed by atoms with Crippen molar-refractivity contribution in [2.24, 2.45) is 5.41 Å². The molecule has 0 amide bonds. The fourth-order valence-corrected chi connectivity index (χ4v) is 1.55. The number of anilines is 1. The SMILES string of the molecule is CN/C=C\Nc1ccc(CC(C)(C)C)cc1. The normalized spacial score (nSPS) is 11.8. The topological polar surface area (TPSA) is 24.1 Å². The van der Waals surface area contributed by atoms with Crippen LogP contribution in [0.3, 0.4) is 0 Å². The lowest BCUT2D eigenvalue weighted by Crippen LogP contribution is -2.08. The Morgan fingerprint density at radius 2 is 1.69 bits per heavy atom. The van der Waals surface area contributed by atoms with Gasteiger partial charge in [-0.25, -0.2) is 0 Å². The highest BCUT2D eigenvalue weighted by atomic mass is 14.9. The van der Waals surface area contributed by atoms with Crippen LogP contribution in [0.5, 0.6) is 0 Å². The molecule has 0 saturated carbocycles. The zero-order valence-electron chi connectivity index (χ0n) is 10.7. The van der Waals surface area contributed by atoms with Gasteiger partial charge in [-0.2, -0.15) is 0 Å². The summed E-state index contributed by atoms with van der Waals surface area (Å²) < 4.78 is 0. The van der Waals surface area contributed by atoms with E-state index >= 15 is 0 Å². The quantitative estimate of drug-likeness (QED) is 0.809. The summed E-state index contributed by atoms with van der Waals surface area (Å²) in [6.07, 6.45) is 4.86. The van der Waals surface area contributed by atoms with Crippen molar-refractivity contribution in [1.82, 2.24) is 5.32 Å². The van der Waals surface area contributed by atoms with Crippen LogP contribution in [0.2, 0.25) is 0 Å². The molecule has 0 heterocycles. The Morgan fingerprint density at radius 3 is 2.19 bits per heavy atom. The summed E-state index contributed by atoms with van der Waals surface area (Å²) in [5, 5.41) is 6.13. The van der Waals surface area contributed by atoms with E-state index in [2.05, 4.69) is 55.7 Å². The molecule has 0 aliphatic rings. The summed E-state index contributed by atoms with van der Waals surface area (Å²) >= 11 is 0. The molecule has 2 nitrogen and oxygen atoms in total. The first-order chi connectivity index (χ1) is 7.51. The standard InChI is InChI=1S/C14H22N2/c1-14(2,3)11-12-5-7-13(8-6-12)16-10-9-15-4/h5-10,15-16H,11H2,1-4H3/b10-9-. The molecule has 0 radical (unpaired) electrons. The maximum atomic E-state index is 3.19. The summed E-state index contributed by atoms with van der Waals surface area (Å²) in [6, 6.07) is 8.59. The molecule has 2 heteroatoms. The first kappa shape index (κ1) is 12.6. The van der Waals surface area contributed by atoms with Crippen LogP contribution in [0, 0.1) is 5.41 Å². The van der Waals surface area contributed by atoms with Gasteiger partial charge < -0.3 is 10.6 Å². The molecule has 0 atom stereocenters. The molecule has 0 unspecified atom stereocenters. The van der Waals surface area contributed by atoms with E-state index in [1.165, 1.54) is 5.56 Å². The van der Waals surface area contributed by atoms with Gasteiger partial charge in [0.05, 0.1) is 0 Å². The molecule has 0 bridgehead atoms. The van der Waals surface area contributed by atoms with E-state index in [1.54, 1.807) is 0 Å². The van der Waals surface area contributed by atoms with Crippen LogP contribution in [0.25, 0.3) is 0 Å². The third-order valence-corrected chi connectivity index (χ3v) is 2.19. The van der Waals surface area contributed by atoms with Crippen molar-refractivity contribution in [1.29, 1.82) is 0 Å². The van der Waals surface area contributed by atoms with Crippen molar-refractivity contribution in [2.75, 3.05) is 12.4 Å². The average molecular weight is 218 g/mol. The molecule has 0 aromatic heterocycles. The fourth-order valence-electron chi connectivity index (χ4n) is 1.55. The highest BCUT2D eigenvalue weighted by Gasteiger charge is 2.10. The maximum absolute atomic E-state index is 3.19. The lowest BCUT2D eigenvalue weighted by Gasteiger charge is -2.18. The van der Waals surface area contributed by atoms with Crippen molar-refractivity contribution >= 4 is 5.69 Å². The van der Waals surface area contributed by atoms with Crippen molar-refractivity contribution in [3.8, 4) is 0 Å². The molecular weight excluding hydrogens is 196 g/mol. The van der Waals surface area contributed by atoms with Crippen molar-refractivity contribution in [2.45, 2.75) is 27.2 Å². The smallest absolute Gasteiger partial charge is 0.0380 e. The predicted octanol–water partition coefficient (Wildman–Crippen LogP) is 3.38. The first-order valence-electron chi connectivity index (χ1n) is 5.69. The molecule has 0 saturated heterocycles. The zero-order valence-corrected chi connectivity index (χ0v) is 10.7. The van der Waals surface area contributed by atoms with Crippen molar-refractivity contribution in [3.05, 3.63) is 42.2 Å². The molecule has 1 aromatic rings. The minimum atomic E-state index is 0.348. The van der Waals surface area contributed by atoms with E-state index in [1.807, 2.05) is 19.4 Å². The van der Waals surface area contributed by atoms with Gasteiger partial charge in [0.15, 0.2) is 0 Å². The third-order valence-electron chi connectivity index (χ3n) is 2.19. The number of hydrogen-bond donors (Lipinski definition) is 2. The van der Waals surface area contributed by atoms with E-state index in [9.17, 15) is 0 Å². The van der Waals surface area contributed by atoms with E-state index in [0.717, 1.165) is 12.1 Å². The highest BCUT2D eigenvalue weighted by Crippen LogP contribution is 2.21. The molecule has 0 aliphatic carbocycles. The van der Waals surface area contributed by atoms with Gasteiger partial charge in [0.2, 0.25) is 0 Å². The van der Waals surface area contributed by atoms with Gasteiger partial charge in [-0.15, -0.1) is 0 Å². The summed E-state index contributed by atoms with van der Waals surface area (Å²) in [6.45, 7) is 6.78. The fraction of sp³-hybridized carbons (Fsp3) is 0.429. The Hall–Kier alpha value is -1.44. The van der Waals surface area contributed by atoms with Gasteiger partial charge in [0.1, 0.15) is 0 Å². The van der Waals surface area contributed by atoms with Crippen LogP contribution in [0.4, 0.5) is 5.69 Å². The molecule has 0 spiro atoms. The summed E-state index contributed by atoms with van der Waals surface area (Å²) in [5.41, 5.74) is 2.85. The largest absolute Gasteiger partial charge is 0.393 e. The van der Waals surface area contributed by atoms with Crippen LogP contribution in [-0.2, 0) is 6.42 Å². The zero-order chi connectivity index (χ0) is 12.0. The minimum Gasteiger partial charge on any atom is -0.393 e. The minimum absolute atomic E-state index is 0.348. The lowest BCUT2D eigenvalue weighted by molar-refractivity contribution is 0.411. The number of rotatable bonds is 4. The Balaban J connectivity index is 2.57. The second kappa shape index (κ2) is 5.59. The molecule has 2 N–H and O–H groups in total. The molecule has 0 aliphatic heterocycles. The van der Waals surface area contributed by atoms with Crippen molar-refractivity contribution in [3.63, 3.8) is 0 Å². The van der Waals surface area contributed by atoms with Crippen LogP contribution < -0.4 is 10.6 Å². The van der Waals surface area contributed by atoms with E-state index < -0.39 is 0 Å². The molecule has 0 fully saturated rings. The highest BCUT2D eigenvalue weighted by molar-refractivity contribution is 5.46. The summed E-state index contributed by atoms with van der Waals surface area (Å²) in [5.74, 6) is 0. The molecular formula is C14H22N2. The van der Waals surface area contributed by atoms with Crippen LogP contribution >= 0.6 is 0 Å². The van der Waals surface area contributed by atoms with Gasteiger partial charge in [-0.05, 0) is 29.5 Å². The summed E-state index contributed by atoms with van der Waals surface area (Å²) in [7, 11) is 1.88. The maximum Gasteiger partial charge on any atom is 0.0380 e. The van der Waals surface area contributed by atoms with Gasteiger partial charge in [0.25, 0.3) is 0 Å². The predicted molar refractivity (Wildman–Crippen MR) is 71.4 cm³/mol. The first-order valence-corrected chi connectivity index (χ1v) is 5.69. The Labute approximate surface area is 98.8 Å². The van der Waals surface area contributed by atoms with Crippen LogP contribution in [0.15, 0.2) is 36.7 Å². The van der Waals surface area contributed by atoms with Gasteiger partial charge in [-0.3, -0.25) is 0 Å². The third kappa shape index (κ3) is 4.87. The lowest BCUT2D eigenvalue weighted by atomic mass is 9.88. The second-order valence-corrected chi connectivity index (χ2v) is 5.20. The second-order valence-electron chi connectivity index (χ2n) is 5.20. The molecule has 1 rings (SSSR count). The van der Waals surface area contributed by atoms with Crippen molar-refractivity contribution < 1.29 is 0 Å². The van der Waals surface area contributed by atoms with Crippen LogP contribution in [0.1, 0.15) is 26.3 Å². The van der Waals surface area contributed by atoms with Crippen LogP contribution in [-0.4, -0.2) is 7.05 Å². The van der Waals surface area contributed by atoms with E-state index in [-0.39, 0.29) is 0 Å². The number of nitrogens with one attached hydrogen (secondary N) is 2. The Bertz CT molecular complexity index is 331. The molecule has 1 aromatic carbocycles. The Morgan fingerprint density at radius 1 is 1.06 bits per heavy atom. The van der Waals surface area contributed by atoms with E-state index in [4.69, 9.17) is 0 Å². The van der Waals surface area contributed by atoms with Gasteiger partial charge in [0, 0.05) is 25.1 Å². The number of hydrogen-bond acceptors (Lipinski definition) is 2. The molecule has 88 valence electrons.